The fourth-order valence-electron chi connectivity index (χ4n) is 2.20. The molecule has 0 aliphatic rings. The molecule has 2 rings (SSSR count). The molecule has 2 aromatic heterocycles. The molecule has 0 bridgehead atoms. The van der Waals surface area contributed by atoms with Crippen LogP contribution in [-0.4, -0.2) is 49.3 Å². The maximum atomic E-state index is 12.3. The first-order valence-electron chi connectivity index (χ1n) is 7.63. The van der Waals surface area contributed by atoms with Crippen molar-refractivity contribution in [3.63, 3.8) is 0 Å². The van der Waals surface area contributed by atoms with E-state index in [1.165, 1.54) is 0 Å². The van der Waals surface area contributed by atoms with Gasteiger partial charge in [-0.1, -0.05) is 0 Å². The number of nitrogens with zero attached hydrogens (tertiary/aromatic N) is 4. The van der Waals surface area contributed by atoms with Crippen molar-refractivity contribution in [1.29, 1.82) is 0 Å². The Morgan fingerprint density at radius 2 is 2.17 bits per heavy atom. The Hall–Kier alpha value is -2.41. The summed E-state index contributed by atoms with van der Waals surface area (Å²) in [5, 5.41) is 12.4. The van der Waals surface area contributed by atoms with E-state index in [4.69, 9.17) is 0 Å². The van der Waals surface area contributed by atoms with E-state index in [-0.39, 0.29) is 12.1 Å². The monoisotopic (exact) mass is 317 g/mol. The largest absolute Gasteiger partial charge is 0.392 e. The lowest BCUT2D eigenvalue weighted by Crippen LogP contribution is -2.46. The van der Waals surface area contributed by atoms with Crippen LogP contribution in [0.2, 0.25) is 0 Å². The number of aliphatic hydroxyl groups is 1. The van der Waals surface area contributed by atoms with Crippen LogP contribution in [0.4, 0.5) is 4.79 Å². The third-order valence-corrected chi connectivity index (χ3v) is 3.37. The van der Waals surface area contributed by atoms with Gasteiger partial charge in [0.1, 0.15) is 12.1 Å². The first kappa shape index (κ1) is 17.0. The third-order valence-electron chi connectivity index (χ3n) is 3.37. The molecule has 0 saturated heterocycles. The summed E-state index contributed by atoms with van der Waals surface area (Å²) in [5.74, 6) is 0.749. The second kappa shape index (κ2) is 7.73. The van der Waals surface area contributed by atoms with Gasteiger partial charge in [-0.2, -0.15) is 0 Å². The number of imidazole rings is 1. The first-order valence-corrected chi connectivity index (χ1v) is 7.63. The van der Waals surface area contributed by atoms with Crippen molar-refractivity contribution in [3.8, 4) is 5.82 Å². The molecule has 0 aliphatic heterocycles. The molecule has 0 spiro atoms. The summed E-state index contributed by atoms with van der Waals surface area (Å²) < 4.78 is 1.80. The van der Waals surface area contributed by atoms with Crippen LogP contribution in [0.25, 0.3) is 5.82 Å². The number of amides is 2. The summed E-state index contributed by atoms with van der Waals surface area (Å²) in [4.78, 5) is 22.2. The van der Waals surface area contributed by atoms with Crippen molar-refractivity contribution in [2.24, 2.45) is 0 Å². The van der Waals surface area contributed by atoms with Gasteiger partial charge in [0.15, 0.2) is 0 Å². The van der Waals surface area contributed by atoms with Crippen molar-refractivity contribution in [2.75, 3.05) is 6.54 Å². The number of carbonyl (C=O) groups excluding carboxylic acids is 1. The van der Waals surface area contributed by atoms with Gasteiger partial charge in [0.05, 0.1) is 6.10 Å². The molecule has 0 aromatic carbocycles. The fourth-order valence-corrected chi connectivity index (χ4v) is 2.20. The van der Waals surface area contributed by atoms with Crippen LogP contribution >= 0.6 is 0 Å². The zero-order valence-corrected chi connectivity index (χ0v) is 13.7. The number of nitrogens with one attached hydrogen (secondary N) is 1. The van der Waals surface area contributed by atoms with Crippen LogP contribution in [0.1, 0.15) is 26.3 Å². The van der Waals surface area contributed by atoms with Crippen LogP contribution in [0.3, 0.4) is 0 Å². The zero-order valence-electron chi connectivity index (χ0n) is 13.7. The first-order chi connectivity index (χ1) is 11.0. The van der Waals surface area contributed by atoms with Gasteiger partial charge in [-0.25, -0.2) is 14.8 Å². The van der Waals surface area contributed by atoms with Crippen LogP contribution in [-0.2, 0) is 6.54 Å². The molecule has 0 fully saturated rings. The minimum Gasteiger partial charge on any atom is -0.392 e. The lowest BCUT2D eigenvalue weighted by atomic mass is 10.2. The number of aromatic nitrogens is 3. The van der Waals surface area contributed by atoms with Gasteiger partial charge in [-0.05, 0) is 38.5 Å². The minimum atomic E-state index is -0.558. The Morgan fingerprint density at radius 1 is 1.39 bits per heavy atom. The van der Waals surface area contributed by atoms with Crippen LogP contribution in [0.15, 0.2) is 37.1 Å². The molecule has 1 atom stereocenters. The number of hydrogen-bond acceptors (Lipinski definition) is 4. The van der Waals surface area contributed by atoms with E-state index in [1.807, 2.05) is 32.2 Å². The topological polar surface area (TPSA) is 83.3 Å². The Balaban J connectivity index is 2.00. The number of urea groups is 1. The van der Waals surface area contributed by atoms with E-state index in [9.17, 15) is 9.90 Å². The summed E-state index contributed by atoms with van der Waals surface area (Å²) in [6.45, 7) is 6.21. The molecule has 0 radical (unpaired) electrons. The second-order valence-electron chi connectivity index (χ2n) is 5.75. The normalized spacial score (nSPS) is 12.2. The average molecular weight is 317 g/mol. The average Bonchev–Trinajstić information content (AvgIpc) is 3.04. The van der Waals surface area contributed by atoms with Crippen LogP contribution in [0, 0.1) is 0 Å². The van der Waals surface area contributed by atoms with Crippen LogP contribution in [0.5, 0.6) is 0 Å². The number of aliphatic hydroxyl groups excluding tert-OH is 1. The highest BCUT2D eigenvalue weighted by Crippen LogP contribution is 2.07. The van der Waals surface area contributed by atoms with E-state index in [0.717, 1.165) is 11.4 Å². The van der Waals surface area contributed by atoms with Crippen molar-refractivity contribution in [3.05, 3.63) is 42.6 Å². The summed E-state index contributed by atoms with van der Waals surface area (Å²) in [6.07, 6.45) is 6.32. The molecular weight excluding hydrogens is 294 g/mol. The van der Waals surface area contributed by atoms with Gasteiger partial charge in [-0.15, -0.1) is 0 Å². The summed E-state index contributed by atoms with van der Waals surface area (Å²) in [5.41, 5.74) is 0.942. The van der Waals surface area contributed by atoms with Gasteiger partial charge in [0.2, 0.25) is 0 Å². The number of rotatable bonds is 6. The highest BCUT2D eigenvalue weighted by Gasteiger charge is 2.18. The molecular formula is C16H23N5O2. The highest BCUT2D eigenvalue weighted by molar-refractivity contribution is 5.74. The van der Waals surface area contributed by atoms with Crippen molar-refractivity contribution >= 4 is 6.03 Å². The summed E-state index contributed by atoms with van der Waals surface area (Å²) in [7, 11) is 0. The number of pyridine rings is 1. The zero-order chi connectivity index (χ0) is 16.8. The predicted octanol–water partition coefficient (Wildman–Crippen LogP) is 1.57. The summed E-state index contributed by atoms with van der Waals surface area (Å²) >= 11 is 0. The molecule has 0 aliphatic carbocycles. The quantitative estimate of drug-likeness (QED) is 0.847. The molecule has 2 aromatic rings. The Labute approximate surface area is 136 Å². The van der Waals surface area contributed by atoms with E-state index in [1.54, 1.807) is 35.1 Å². The van der Waals surface area contributed by atoms with Crippen molar-refractivity contribution in [1.82, 2.24) is 24.8 Å². The number of carbonyl (C=O) groups is 1. The van der Waals surface area contributed by atoms with Gasteiger partial charge < -0.3 is 15.3 Å². The van der Waals surface area contributed by atoms with Gasteiger partial charge in [0.25, 0.3) is 0 Å². The third kappa shape index (κ3) is 4.79. The molecule has 124 valence electrons. The maximum absolute atomic E-state index is 12.3. The Morgan fingerprint density at radius 3 is 2.78 bits per heavy atom. The lowest BCUT2D eigenvalue weighted by Gasteiger charge is -2.28. The van der Waals surface area contributed by atoms with Crippen LogP contribution < -0.4 is 5.32 Å². The molecule has 0 saturated carbocycles. The molecule has 2 N–H and O–H groups in total. The Bertz CT molecular complexity index is 625. The van der Waals surface area contributed by atoms with Crippen molar-refractivity contribution in [2.45, 2.75) is 39.5 Å². The van der Waals surface area contributed by atoms with Crippen molar-refractivity contribution < 1.29 is 9.90 Å². The van der Waals surface area contributed by atoms with E-state index in [0.29, 0.717) is 13.1 Å². The molecule has 7 nitrogen and oxygen atoms in total. The lowest BCUT2D eigenvalue weighted by molar-refractivity contribution is 0.119. The highest BCUT2D eigenvalue weighted by atomic mass is 16.3. The van der Waals surface area contributed by atoms with Gasteiger partial charge >= 0.3 is 6.03 Å². The number of hydrogen-bond donors (Lipinski definition) is 2. The van der Waals surface area contributed by atoms with E-state index >= 15 is 0 Å². The smallest absolute Gasteiger partial charge is 0.317 e. The van der Waals surface area contributed by atoms with E-state index < -0.39 is 6.10 Å². The minimum absolute atomic E-state index is 0.0172. The second-order valence-corrected chi connectivity index (χ2v) is 5.75. The summed E-state index contributed by atoms with van der Waals surface area (Å²) in [6, 6.07) is 3.58. The standard InChI is InChI=1S/C16H23N5O2/c1-12(2)21(10-13(3)22)16(23)19-9-14-4-5-18-15(8-14)20-7-6-17-11-20/h4-8,11-13,22H,9-10H2,1-3H3,(H,19,23). The molecule has 2 heterocycles. The Kier molecular flexibility index (Phi) is 5.70. The van der Waals surface area contributed by atoms with Gasteiger partial charge in [-0.3, -0.25) is 4.57 Å². The fraction of sp³-hybridized carbons (Fsp3) is 0.438. The molecule has 2 amide bonds. The molecule has 1 unspecified atom stereocenters. The van der Waals surface area contributed by atoms with E-state index in [2.05, 4.69) is 15.3 Å². The predicted molar refractivity (Wildman–Crippen MR) is 87.1 cm³/mol. The maximum Gasteiger partial charge on any atom is 0.317 e. The molecule has 7 heteroatoms. The van der Waals surface area contributed by atoms with Gasteiger partial charge in [0, 0.05) is 37.7 Å². The molecule has 23 heavy (non-hydrogen) atoms. The SMILES string of the molecule is CC(O)CN(C(=O)NCc1ccnc(-n2ccnc2)c1)C(C)C.